The minimum Gasteiger partial charge on any atom is -0.454 e. The van der Waals surface area contributed by atoms with Crippen LogP contribution >= 0.6 is 0 Å². The van der Waals surface area contributed by atoms with Crippen LogP contribution in [0.3, 0.4) is 0 Å². The number of benzene rings is 1. The highest BCUT2D eigenvalue weighted by molar-refractivity contribution is 5.48. The number of fused-ring (bicyclic) bond motifs is 1. The first kappa shape index (κ1) is 11.2. The molecule has 1 aromatic rings. The van der Waals surface area contributed by atoms with Gasteiger partial charge >= 0.3 is 0 Å². The van der Waals surface area contributed by atoms with Gasteiger partial charge in [0.1, 0.15) is 0 Å². The molecule has 0 aliphatic carbocycles. The molecule has 4 heteroatoms. The van der Waals surface area contributed by atoms with Crippen LogP contribution in [0.15, 0.2) is 18.2 Å². The van der Waals surface area contributed by atoms with E-state index in [0.29, 0.717) is 19.9 Å². The van der Waals surface area contributed by atoms with Gasteiger partial charge in [-0.25, -0.2) is 0 Å². The van der Waals surface area contributed by atoms with E-state index in [0.717, 1.165) is 23.5 Å². The van der Waals surface area contributed by atoms with Gasteiger partial charge in [0.15, 0.2) is 11.5 Å². The van der Waals surface area contributed by atoms with E-state index in [1.54, 1.807) is 0 Å². The Morgan fingerprint density at radius 1 is 1.44 bits per heavy atom. The molecule has 1 aliphatic rings. The number of hydrogen-bond acceptors (Lipinski definition) is 4. The lowest BCUT2D eigenvalue weighted by Crippen LogP contribution is -2.25. The maximum atomic E-state index is 9.41. The van der Waals surface area contributed by atoms with Crippen LogP contribution in [0.25, 0.3) is 0 Å². The third-order valence-corrected chi connectivity index (χ3v) is 2.64. The molecular formula is C12H17NO3. The number of rotatable bonds is 5. The summed E-state index contributed by atoms with van der Waals surface area (Å²) in [6.45, 7) is 3.54. The first-order valence-electron chi connectivity index (χ1n) is 5.57. The van der Waals surface area contributed by atoms with Gasteiger partial charge < -0.3 is 19.9 Å². The van der Waals surface area contributed by atoms with E-state index in [2.05, 4.69) is 5.32 Å². The second-order valence-corrected chi connectivity index (χ2v) is 3.84. The molecule has 16 heavy (non-hydrogen) atoms. The lowest BCUT2D eigenvalue weighted by atomic mass is 10.2. The third-order valence-electron chi connectivity index (χ3n) is 2.64. The summed E-state index contributed by atoms with van der Waals surface area (Å²) < 4.78 is 10.7. The van der Waals surface area contributed by atoms with Gasteiger partial charge in [-0.1, -0.05) is 19.1 Å². The van der Waals surface area contributed by atoms with E-state index in [1.807, 2.05) is 25.1 Å². The summed E-state index contributed by atoms with van der Waals surface area (Å²) in [7, 11) is 0. The summed E-state index contributed by atoms with van der Waals surface area (Å²) in [5.74, 6) is 1.62. The van der Waals surface area contributed by atoms with E-state index < -0.39 is 0 Å². The van der Waals surface area contributed by atoms with Crippen molar-refractivity contribution in [3.05, 3.63) is 23.8 Å². The molecule has 0 spiro atoms. The summed E-state index contributed by atoms with van der Waals surface area (Å²) in [4.78, 5) is 0. The summed E-state index contributed by atoms with van der Waals surface area (Å²) >= 11 is 0. The van der Waals surface area contributed by atoms with E-state index in [4.69, 9.17) is 9.47 Å². The van der Waals surface area contributed by atoms with E-state index >= 15 is 0 Å². The monoisotopic (exact) mass is 223 g/mol. The second-order valence-electron chi connectivity index (χ2n) is 3.84. The molecule has 4 nitrogen and oxygen atoms in total. The topological polar surface area (TPSA) is 50.7 Å². The number of nitrogens with one attached hydrogen (secondary N) is 1. The zero-order valence-corrected chi connectivity index (χ0v) is 9.40. The average Bonchev–Trinajstić information content (AvgIpc) is 2.77. The van der Waals surface area contributed by atoms with Crippen LogP contribution in [-0.2, 0) is 6.54 Å². The summed E-state index contributed by atoms with van der Waals surface area (Å²) in [6.07, 6.45) is 0.480. The van der Waals surface area contributed by atoms with Crippen molar-refractivity contribution in [2.75, 3.05) is 13.3 Å². The largest absolute Gasteiger partial charge is 0.454 e. The first-order valence-corrected chi connectivity index (χ1v) is 5.57. The fourth-order valence-electron chi connectivity index (χ4n) is 1.65. The quantitative estimate of drug-likeness (QED) is 0.789. The van der Waals surface area contributed by atoms with Gasteiger partial charge in [0.2, 0.25) is 6.79 Å². The van der Waals surface area contributed by atoms with Gasteiger partial charge in [0.25, 0.3) is 0 Å². The SMILES string of the molecule is CCC(O)CNCc1cccc2c1OCO2. The molecule has 0 amide bonds. The molecule has 0 saturated carbocycles. The molecule has 1 heterocycles. The summed E-state index contributed by atoms with van der Waals surface area (Å²) in [5, 5.41) is 12.6. The highest BCUT2D eigenvalue weighted by atomic mass is 16.7. The number of para-hydroxylation sites is 1. The Morgan fingerprint density at radius 2 is 2.31 bits per heavy atom. The molecule has 2 N–H and O–H groups in total. The van der Waals surface area contributed by atoms with Crippen molar-refractivity contribution in [2.24, 2.45) is 0 Å². The van der Waals surface area contributed by atoms with E-state index in [1.165, 1.54) is 0 Å². The van der Waals surface area contributed by atoms with Gasteiger partial charge in [0, 0.05) is 18.7 Å². The number of hydrogen-bond donors (Lipinski definition) is 2. The van der Waals surface area contributed by atoms with Crippen molar-refractivity contribution in [1.82, 2.24) is 5.32 Å². The Balaban J connectivity index is 1.92. The fourth-order valence-corrected chi connectivity index (χ4v) is 1.65. The van der Waals surface area contributed by atoms with Gasteiger partial charge in [0.05, 0.1) is 6.10 Å². The van der Waals surface area contributed by atoms with Crippen molar-refractivity contribution >= 4 is 0 Å². The first-order chi connectivity index (χ1) is 7.81. The summed E-state index contributed by atoms with van der Waals surface area (Å²) in [6, 6.07) is 5.84. The van der Waals surface area contributed by atoms with Crippen LogP contribution < -0.4 is 14.8 Å². The van der Waals surface area contributed by atoms with Crippen molar-refractivity contribution in [2.45, 2.75) is 26.0 Å². The van der Waals surface area contributed by atoms with Gasteiger partial charge in [-0.05, 0) is 12.5 Å². The minimum atomic E-state index is -0.283. The lowest BCUT2D eigenvalue weighted by Gasteiger charge is -2.10. The van der Waals surface area contributed by atoms with Crippen LogP contribution in [0.4, 0.5) is 0 Å². The van der Waals surface area contributed by atoms with Gasteiger partial charge in [-0.3, -0.25) is 0 Å². The molecule has 1 atom stereocenters. The van der Waals surface area contributed by atoms with Crippen LogP contribution in [0.2, 0.25) is 0 Å². The Bertz CT molecular complexity index is 354. The summed E-state index contributed by atoms with van der Waals surface area (Å²) in [5.41, 5.74) is 1.07. The molecular weight excluding hydrogens is 206 g/mol. The molecule has 1 aromatic carbocycles. The van der Waals surface area contributed by atoms with Crippen molar-refractivity contribution in [3.8, 4) is 11.5 Å². The maximum absolute atomic E-state index is 9.41. The molecule has 0 saturated heterocycles. The van der Waals surface area contributed by atoms with Crippen LogP contribution in [-0.4, -0.2) is 24.5 Å². The number of aliphatic hydroxyl groups excluding tert-OH is 1. The van der Waals surface area contributed by atoms with Crippen LogP contribution in [0.5, 0.6) is 11.5 Å². The number of ether oxygens (including phenoxy) is 2. The van der Waals surface area contributed by atoms with Gasteiger partial charge in [-0.2, -0.15) is 0 Å². The number of aliphatic hydroxyl groups is 1. The second kappa shape index (κ2) is 5.18. The highest BCUT2D eigenvalue weighted by Gasteiger charge is 2.16. The fraction of sp³-hybridized carbons (Fsp3) is 0.500. The Kier molecular flexibility index (Phi) is 3.64. The van der Waals surface area contributed by atoms with E-state index in [-0.39, 0.29) is 6.10 Å². The van der Waals surface area contributed by atoms with Crippen molar-refractivity contribution in [1.29, 1.82) is 0 Å². The Labute approximate surface area is 95.2 Å². The normalized spacial score (nSPS) is 15.1. The van der Waals surface area contributed by atoms with Crippen molar-refractivity contribution < 1.29 is 14.6 Å². The molecule has 1 unspecified atom stereocenters. The third kappa shape index (κ3) is 2.46. The predicted octanol–water partition coefficient (Wildman–Crippen LogP) is 1.28. The van der Waals surface area contributed by atoms with Crippen molar-refractivity contribution in [3.63, 3.8) is 0 Å². The Morgan fingerprint density at radius 3 is 3.12 bits per heavy atom. The molecule has 1 aliphatic heterocycles. The van der Waals surface area contributed by atoms with E-state index in [9.17, 15) is 5.11 Å². The Hall–Kier alpha value is -1.26. The molecule has 0 aromatic heterocycles. The van der Waals surface area contributed by atoms with Crippen LogP contribution in [0, 0.1) is 0 Å². The zero-order valence-electron chi connectivity index (χ0n) is 9.40. The lowest BCUT2D eigenvalue weighted by molar-refractivity contribution is 0.165. The molecule has 2 rings (SSSR count). The standard InChI is InChI=1S/C12H17NO3/c1-2-10(14)7-13-6-9-4-3-5-11-12(9)16-8-15-11/h3-5,10,13-14H,2,6-8H2,1H3. The highest BCUT2D eigenvalue weighted by Crippen LogP contribution is 2.35. The van der Waals surface area contributed by atoms with Crippen LogP contribution in [0.1, 0.15) is 18.9 Å². The zero-order chi connectivity index (χ0) is 11.4. The molecule has 0 fully saturated rings. The predicted molar refractivity (Wildman–Crippen MR) is 60.6 cm³/mol. The molecule has 0 bridgehead atoms. The molecule has 88 valence electrons. The smallest absolute Gasteiger partial charge is 0.231 e. The minimum absolute atomic E-state index is 0.283. The molecule has 0 radical (unpaired) electrons. The average molecular weight is 223 g/mol. The maximum Gasteiger partial charge on any atom is 0.231 e. The van der Waals surface area contributed by atoms with Gasteiger partial charge in [-0.15, -0.1) is 0 Å².